The van der Waals surface area contributed by atoms with E-state index in [4.69, 9.17) is 4.98 Å². The lowest BCUT2D eigenvalue weighted by molar-refractivity contribution is -0.111. The maximum atomic E-state index is 12.2. The molecule has 2 N–H and O–H groups in total. The minimum absolute atomic E-state index is 0.241. The Kier molecular flexibility index (Phi) is 5.36. The third-order valence-corrected chi connectivity index (χ3v) is 6.31. The van der Waals surface area contributed by atoms with Crippen LogP contribution in [0.3, 0.4) is 0 Å². The SMILES string of the molecule is C=CC(=O)Nc1c(C)ccc(-c2c(-c3cnn(C)c3)[nH]c3ncc(-c4nn(C)cc4C)cc23)c1C. The van der Waals surface area contributed by atoms with E-state index in [1.54, 1.807) is 4.68 Å². The molecule has 0 saturated heterocycles. The molecule has 0 bridgehead atoms. The third-order valence-electron chi connectivity index (χ3n) is 6.31. The van der Waals surface area contributed by atoms with Gasteiger partial charge in [0.05, 0.1) is 17.6 Å². The number of nitrogens with zero attached hydrogens (tertiary/aromatic N) is 5. The van der Waals surface area contributed by atoms with Crippen molar-refractivity contribution >= 4 is 22.6 Å². The van der Waals surface area contributed by atoms with Crippen LogP contribution >= 0.6 is 0 Å². The highest BCUT2D eigenvalue weighted by molar-refractivity contribution is 6.06. The smallest absolute Gasteiger partial charge is 0.247 e. The van der Waals surface area contributed by atoms with E-state index in [1.165, 1.54) is 6.08 Å². The molecule has 176 valence electrons. The van der Waals surface area contributed by atoms with E-state index in [9.17, 15) is 4.79 Å². The number of aromatic amines is 1. The highest BCUT2D eigenvalue weighted by atomic mass is 16.1. The summed E-state index contributed by atoms with van der Waals surface area (Å²) >= 11 is 0. The number of pyridine rings is 1. The summed E-state index contributed by atoms with van der Waals surface area (Å²) in [7, 11) is 3.81. The summed E-state index contributed by atoms with van der Waals surface area (Å²) in [6.07, 6.45) is 8.94. The molecule has 1 amide bonds. The second kappa shape index (κ2) is 8.39. The average Bonchev–Trinajstić information content (AvgIpc) is 3.52. The molecule has 35 heavy (non-hydrogen) atoms. The van der Waals surface area contributed by atoms with Gasteiger partial charge in [-0.15, -0.1) is 0 Å². The van der Waals surface area contributed by atoms with Crippen LogP contribution in [-0.2, 0) is 18.9 Å². The van der Waals surface area contributed by atoms with Gasteiger partial charge in [-0.25, -0.2) is 4.98 Å². The lowest BCUT2D eigenvalue weighted by atomic mass is 9.93. The molecule has 5 aromatic rings. The lowest BCUT2D eigenvalue weighted by Gasteiger charge is -2.16. The van der Waals surface area contributed by atoms with Crippen LogP contribution in [0.1, 0.15) is 16.7 Å². The van der Waals surface area contributed by atoms with Crippen molar-refractivity contribution in [1.82, 2.24) is 29.5 Å². The fraction of sp³-hybridized carbons (Fsp3) is 0.185. The maximum Gasteiger partial charge on any atom is 0.247 e. The van der Waals surface area contributed by atoms with Gasteiger partial charge in [-0.3, -0.25) is 14.2 Å². The number of amides is 1. The number of hydrogen-bond acceptors (Lipinski definition) is 4. The van der Waals surface area contributed by atoms with E-state index >= 15 is 0 Å². The van der Waals surface area contributed by atoms with Crippen molar-refractivity contribution in [2.24, 2.45) is 14.1 Å². The predicted octanol–water partition coefficient (Wildman–Crippen LogP) is 5.08. The number of rotatable bonds is 5. The summed E-state index contributed by atoms with van der Waals surface area (Å²) in [5, 5.41) is 13.0. The van der Waals surface area contributed by atoms with Crippen LogP contribution in [0.15, 0.2) is 55.6 Å². The highest BCUT2D eigenvalue weighted by Crippen LogP contribution is 2.42. The molecule has 5 rings (SSSR count). The largest absolute Gasteiger partial charge is 0.339 e. The Labute approximate surface area is 203 Å². The third kappa shape index (κ3) is 3.82. The summed E-state index contributed by atoms with van der Waals surface area (Å²) in [4.78, 5) is 20.4. The Balaban J connectivity index is 1.81. The molecular weight excluding hydrogens is 438 g/mol. The molecule has 0 saturated carbocycles. The van der Waals surface area contributed by atoms with E-state index in [2.05, 4.69) is 39.2 Å². The van der Waals surface area contributed by atoms with Crippen molar-refractivity contribution in [3.63, 3.8) is 0 Å². The number of nitrogens with one attached hydrogen (secondary N) is 2. The van der Waals surface area contributed by atoms with Gasteiger partial charge in [0.25, 0.3) is 0 Å². The highest BCUT2D eigenvalue weighted by Gasteiger charge is 2.22. The molecule has 0 aliphatic rings. The van der Waals surface area contributed by atoms with Crippen LogP contribution in [0.25, 0.3) is 44.7 Å². The zero-order valence-corrected chi connectivity index (χ0v) is 20.5. The predicted molar refractivity (Wildman–Crippen MR) is 139 cm³/mol. The van der Waals surface area contributed by atoms with Gasteiger partial charge in [0.1, 0.15) is 5.65 Å². The number of carbonyl (C=O) groups is 1. The molecule has 0 radical (unpaired) electrons. The summed E-state index contributed by atoms with van der Waals surface area (Å²) < 4.78 is 3.59. The minimum atomic E-state index is -0.241. The number of hydrogen-bond donors (Lipinski definition) is 2. The molecule has 0 aliphatic heterocycles. The summed E-state index contributed by atoms with van der Waals surface area (Å²) in [5.74, 6) is -0.241. The van der Waals surface area contributed by atoms with Gasteiger partial charge in [-0.2, -0.15) is 10.2 Å². The zero-order chi connectivity index (χ0) is 24.9. The first-order valence-electron chi connectivity index (χ1n) is 11.3. The van der Waals surface area contributed by atoms with Gasteiger partial charge >= 0.3 is 0 Å². The van der Waals surface area contributed by atoms with Crippen LogP contribution < -0.4 is 5.32 Å². The van der Waals surface area contributed by atoms with Gasteiger partial charge in [-0.1, -0.05) is 18.7 Å². The first kappa shape index (κ1) is 22.3. The Bertz CT molecular complexity index is 1620. The van der Waals surface area contributed by atoms with Crippen LogP contribution in [0.5, 0.6) is 0 Å². The van der Waals surface area contributed by atoms with E-state index in [1.807, 2.05) is 70.4 Å². The number of anilines is 1. The molecule has 0 atom stereocenters. The Hall–Kier alpha value is -4.46. The average molecular weight is 466 g/mol. The van der Waals surface area contributed by atoms with Crippen molar-refractivity contribution in [2.75, 3.05) is 5.32 Å². The molecule has 0 unspecified atom stereocenters. The maximum absolute atomic E-state index is 12.2. The molecule has 0 spiro atoms. The van der Waals surface area contributed by atoms with Crippen molar-refractivity contribution in [3.8, 4) is 33.6 Å². The first-order chi connectivity index (χ1) is 16.8. The summed E-state index contributed by atoms with van der Waals surface area (Å²) in [6, 6.07) is 6.24. The molecule has 4 aromatic heterocycles. The Morgan fingerprint density at radius 2 is 1.86 bits per heavy atom. The number of aryl methyl sites for hydroxylation is 4. The fourth-order valence-electron chi connectivity index (χ4n) is 4.62. The van der Waals surface area contributed by atoms with Crippen molar-refractivity contribution in [1.29, 1.82) is 0 Å². The number of benzene rings is 1. The quantitative estimate of drug-likeness (QED) is 0.354. The van der Waals surface area contributed by atoms with Crippen molar-refractivity contribution in [2.45, 2.75) is 20.8 Å². The van der Waals surface area contributed by atoms with E-state index in [-0.39, 0.29) is 5.91 Å². The van der Waals surface area contributed by atoms with Crippen LogP contribution in [0, 0.1) is 20.8 Å². The minimum Gasteiger partial charge on any atom is -0.339 e. The van der Waals surface area contributed by atoms with E-state index in [0.29, 0.717) is 0 Å². The van der Waals surface area contributed by atoms with Crippen LogP contribution in [-0.4, -0.2) is 35.4 Å². The van der Waals surface area contributed by atoms with Crippen LogP contribution in [0.4, 0.5) is 5.69 Å². The topological polar surface area (TPSA) is 93.4 Å². The van der Waals surface area contributed by atoms with Crippen LogP contribution in [0.2, 0.25) is 0 Å². The first-order valence-corrected chi connectivity index (χ1v) is 11.3. The molecule has 0 aliphatic carbocycles. The second-order valence-corrected chi connectivity index (χ2v) is 8.86. The fourth-order valence-corrected chi connectivity index (χ4v) is 4.62. The summed E-state index contributed by atoms with van der Waals surface area (Å²) in [6.45, 7) is 9.64. The van der Waals surface area contributed by atoms with Gasteiger partial charge in [0, 0.05) is 60.4 Å². The van der Waals surface area contributed by atoms with Gasteiger partial charge in [0.15, 0.2) is 0 Å². The number of H-pyrrole nitrogens is 1. The standard InChI is InChI=1S/C27H27N7O/c1-7-22(35)30-24-15(2)8-9-20(17(24)4)23-21-10-18(25-16(3)13-34(6)32-25)11-28-27(21)31-26(23)19-12-29-33(5)14-19/h7-14H,1H2,2-6H3,(H,28,31)(H,30,35). The monoisotopic (exact) mass is 465 g/mol. The van der Waals surface area contributed by atoms with Gasteiger partial charge < -0.3 is 10.3 Å². The number of carbonyl (C=O) groups excluding carboxylic acids is 1. The number of fused-ring (bicyclic) bond motifs is 1. The van der Waals surface area contributed by atoms with E-state index in [0.717, 1.165) is 67.1 Å². The van der Waals surface area contributed by atoms with Gasteiger partial charge in [0.2, 0.25) is 5.91 Å². The van der Waals surface area contributed by atoms with Gasteiger partial charge in [-0.05, 0) is 55.2 Å². The Morgan fingerprint density at radius 1 is 1.06 bits per heavy atom. The molecule has 0 fully saturated rings. The molecular formula is C27H27N7O. The lowest BCUT2D eigenvalue weighted by Crippen LogP contribution is -2.10. The normalized spacial score (nSPS) is 11.2. The van der Waals surface area contributed by atoms with E-state index < -0.39 is 0 Å². The Morgan fingerprint density at radius 3 is 2.51 bits per heavy atom. The molecule has 1 aromatic carbocycles. The summed E-state index contributed by atoms with van der Waals surface area (Å²) in [5.41, 5.74) is 10.3. The number of aromatic nitrogens is 6. The zero-order valence-electron chi connectivity index (χ0n) is 20.5. The van der Waals surface area contributed by atoms with Crippen molar-refractivity contribution < 1.29 is 4.79 Å². The molecule has 8 heteroatoms. The molecule has 8 nitrogen and oxygen atoms in total. The second-order valence-electron chi connectivity index (χ2n) is 8.86. The molecule has 4 heterocycles. The van der Waals surface area contributed by atoms with Crippen molar-refractivity contribution in [3.05, 3.63) is 72.3 Å².